The molecular weight excluding hydrogens is 294 g/mol. The highest BCUT2D eigenvalue weighted by Crippen LogP contribution is 2.39. The largest absolute Gasteiger partial charge is 0.460 e. The van der Waals surface area contributed by atoms with Crippen LogP contribution < -0.4 is 5.73 Å². The molecule has 0 aliphatic heterocycles. The molecule has 6 nitrogen and oxygen atoms in total. The SMILES string of the molecule is CC1CC(C)CC(N)(c2noc(CCC(=O)OC(C)(C)C)n2)C1. The molecule has 2 N–H and O–H groups in total. The van der Waals surface area contributed by atoms with Crippen molar-refractivity contribution in [2.24, 2.45) is 17.6 Å². The van der Waals surface area contributed by atoms with Crippen LogP contribution in [0.15, 0.2) is 4.52 Å². The van der Waals surface area contributed by atoms with E-state index in [0.717, 1.165) is 12.8 Å². The van der Waals surface area contributed by atoms with Gasteiger partial charge in [-0.25, -0.2) is 0 Å². The third-order valence-electron chi connectivity index (χ3n) is 4.11. The first-order valence-electron chi connectivity index (χ1n) is 8.41. The van der Waals surface area contributed by atoms with E-state index in [2.05, 4.69) is 24.0 Å². The smallest absolute Gasteiger partial charge is 0.306 e. The molecule has 0 bridgehead atoms. The van der Waals surface area contributed by atoms with E-state index in [0.29, 0.717) is 30.0 Å². The van der Waals surface area contributed by atoms with E-state index in [4.69, 9.17) is 15.0 Å². The summed E-state index contributed by atoms with van der Waals surface area (Å²) in [7, 11) is 0. The van der Waals surface area contributed by atoms with Gasteiger partial charge in [-0.2, -0.15) is 4.98 Å². The Bertz CT molecular complexity index is 538. The second-order valence-electron chi connectivity index (χ2n) is 8.11. The number of carbonyl (C=O) groups is 1. The average Bonchev–Trinajstić information content (AvgIpc) is 2.82. The molecule has 0 amide bonds. The molecule has 2 rings (SSSR count). The number of hydrogen-bond acceptors (Lipinski definition) is 6. The van der Waals surface area contributed by atoms with E-state index in [1.807, 2.05) is 20.8 Å². The van der Waals surface area contributed by atoms with Crippen molar-refractivity contribution in [3.05, 3.63) is 11.7 Å². The fraction of sp³-hybridized carbons (Fsp3) is 0.824. The fourth-order valence-electron chi connectivity index (χ4n) is 3.52. The second kappa shape index (κ2) is 6.59. The molecule has 1 fully saturated rings. The zero-order valence-electron chi connectivity index (χ0n) is 14.9. The fourth-order valence-corrected chi connectivity index (χ4v) is 3.52. The Morgan fingerprint density at radius 2 is 1.96 bits per heavy atom. The molecule has 1 saturated carbocycles. The number of aromatic nitrogens is 2. The standard InChI is InChI=1S/C17H29N3O3/c1-11-8-12(2)10-17(18,9-11)15-19-13(23-20-15)6-7-14(21)22-16(3,4)5/h11-12H,6-10,18H2,1-5H3. The molecule has 0 saturated heterocycles. The maximum atomic E-state index is 11.8. The lowest BCUT2D eigenvalue weighted by Gasteiger charge is -2.37. The number of ether oxygens (including phenoxy) is 1. The Kier molecular flexibility index (Phi) is 5.14. The number of aryl methyl sites for hydroxylation is 1. The summed E-state index contributed by atoms with van der Waals surface area (Å²) in [6, 6.07) is 0. The van der Waals surface area contributed by atoms with E-state index < -0.39 is 11.1 Å². The Morgan fingerprint density at radius 3 is 2.52 bits per heavy atom. The van der Waals surface area contributed by atoms with E-state index in [-0.39, 0.29) is 12.4 Å². The van der Waals surface area contributed by atoms with E-state index in [1.54, 1.807) is 0 Å². The molecule has 0 spiro atoms. The molecule has 23 heavy (non-hydrogen) atoms. The van der Waals surface area contributed by atoms with Crippen molar-refractivity contribution in [3.63, 3.8) is 0 Å². The summed E-state index contributed by atoms with van der Waals surface area (Å²) in [6.07, 6.45) is 3.51. The number of rotatable bonds is 4. The Balaban J connectivity index is 1.96. The molecule has 1 aliphatic rings. The van der Waals surface area contributed by atoms with Crippen LogP contribution in [-0.4, -0.2) is 21.7 Å². The van der Waals surface area contributed by atoms with Gasteiger partial charge >= 0.3 is 5.97 Å². The lowest BCUT2D eigenvalue weighted by atomic mass is 9.72. The molecule has 0 aromatic carbocycles. The number of nitrogens with zero attached hydrogens (tertiary/aromatic N) is 2. The molecule has 2 atom stereocenters. The number of nitrogens with two attached hydrogens (primary N) is 1. The lowest BCUT2D eigenvalue weighted by molar-refractivity contribution is -0.154. The topological polar surface area (TPSA) is 91.2 Å². The minimum Gasteiger partial charge on any atom is -0.460 e. The van der Waals surface area contributed by atoms with Crippen LogP contribution in [0, 0.1) is 11.8 Å². The van der Waals surface area contributed by atoms with Crippen molar-refractivity contribution in [1.82, 2.24) is 10.1 Å². The van der Waals surface area contributed by atoms with Crippen LogP contribution in [-0.2, 0) is 21.5 Å². The van der Waals surface area contributed by atoms with Gasteiger partial charge in [0.2, 0.25) is 5.89 Å². The highest BCUT2D eigenvalue weighted by Gasteiger charge is 2.39. The zero-order chi connectivity index (χ0) is 17.3. The van der Waals surface area contributed by atoms with Gasteiger partial charge in [-0.1, -0.05) is 19.0 Å². The minimum absolute atomic E-state index is 0.225. The molecule has 1 heterocycles. The van der Waals surface area contributed by atoms with Crippen molar-refractivity contribution >= 4 is 5.97 Å². The number of carbonyl (C=O) groups excluding carboxylic acids is 1. The first kappa shape index (κ1) is 17.9. The predicted octanol–water partition coefficient (Wildman–Crippen LogP) is 2.95. The highest BCUT2D eigenvalue weighted by molar-refractivity contribution is 5.70. The molecule has 6 heteroatoms. The summed E-state index contributed by atoms with van der Waals surface area (Å²) in [5.41, 5.74) is 5.53. The lowest BCUT2D eigenvalue weighted by Crippen LogP contribution is -2.44. The molecule has 1 aromatic rings. The summed E-state index contributed by atoms with van der Waals surface area (Å²) in [4.78, 5) is 16.2. The van der Waals surface area contributed by atoms with Gasteiger partial charge in [0.15, 0.2) is 5.82 Å². The Hall–Kier alpha value is -1.43. The highest BCUT2D eigenvalue weighted by atomic mass is 16.6. The van der Waals surface area contributed by atoms with Crippen LogP contribution >= 0.6 is 0 Å². The van der Waals surface area contributed by atoms with Crippen LogP contribution in [0.2, 0.25) is 0 Å². The molecule has 130 valence electrons. The van der Waals surface area contributed by atoms with Gasteiger partial charge in [0, 0.05) is 6.42 Å². The molecule has 0 radical (unpaired) electrons. The average molecular weight is 323 g/mol. The third kappa shape index (κ3) is 5.03. The van der Waals surface area contributed by atoms with Gasteiger partial charge in [0.05, 0.1) is 12.0 Å². The first-order chi connectivity index (χ1) is 10.6. The van der Waals surface area contributed by atoms with Crippen molar-refractivity contribution in [2.75, 3.05) is 0 Å². The van der Waals surface area contributed by atoms with Gasteiger partial charge in [0.1, 0.15) is 5.60 Å². The van der Waals surface area contributed by atoms with Crippen molar-refractivity contribution in [1.29, 1.82) is 0 Å². The van der Waals surface area contributed by atoms with Crippen LogP contribution in [0.3, 0.4) is 0 Å². The normalized spacial score (nSPS) is 28.6. The summed E-state index contributed by atoms with van der Waals surface area (Å²) in [5.74, 6) is 1.84. The van der Waals surface area contributed by atoms with Crippen LogP contribution in [0.1, 0.15) is 72.0 Å². The zero-order valence-corrected chi connectivity index (χ0v) is 14.9. The van der Waals surface area contributed by atoms with Crippen molar-refractivity contribution in [2.45, 2.75) is 77.9 Å². The predicted molar refractivity (Wildman–Crippen MR) is 86.5 cm³/mol. The maximum absolute atomic E-state index is 11.8. The minimum atomic E-state index is -0.523. The summed E-state index contributed by atoms with van der Waals surface area (Å²) in [5, 5.41) is 4.07. The van der Waals surface area contributed by atoms with E-state index in [1.165, 1.54) is 6.42 Å². The van der Waals surface area contributed by atoms with Crippen LogP contribution in [0.4, 0.5) is 0 Å². The van der Waals surface area contributed by atoms with Gasteiger partial charge in [0.25, 0.3) is 0 Å². The molecule has 2 unspecified atom stereocenters. The summed E-state index contributed by atoms with van der Waals surface area (Å²) >= 11 is 0. The van der Waals surface area contributed by atoms with Gasteiger partial charge in [-0.05, 0) is 51.9 Å². The first-order valence-corrected chi connectivity index (χ1v) is 8.41. The summed E-state index contributed by atoms with van der Waals surface area (Å²) in [6.45, 7) is 9.96. The van der Waals surface area contributed by atoms with E-state index in [9.17, 15) is 4.79 Å². The number of hydrogen-bond donors (Lipinski definition) is 1. The second-order valence-corrected chi connectivity index (χ2v) is 8.11. The van der Waals surface area contributed by atoms with Crippen molar-refractivity contribution < 1.29 is 14.1 Å². The quantitative estimate of drug-likeness (QED) is 0.857. The third-order valence-corrected chi connectivity index (χ3v) is 4.11. The van der Waals surface area contributed by atoms with Crippen LogP contribution in [0.25, 0.3) is 0 Å². The molecular formula is C17H29N3O3. The monoisotopic (exact) mass is 323 g/mol. The maximum Gasteiger partial charge on any atom is 0.306 e. The molecule has 1 aliphatic carbocycles. The van der Waals surface area contributed by atoms with Gasteiger partial charge in [-0.3, -0.25) is 4.79 Å². The van der Waals surface area contributed by atoms with E-state index >= 15 is 0 Å². The van der Waals surface area contributed by atoms with Gasteiger partial charge < -0.3 is 15.0 Å². The number of esters is 1. The van der Waals surface area contributed by atoms with Gasteiger partial charge in [-0.15, -0.1) is 0 Å². The Morgan fingerprint density at radius 1 is 1.35 bits per heavy atom. The van der Waals surface area contributed by atoms with Crippen molar-refractivity contribution in [3.8, 4) is 0 Å². The molecule has 1 aromatic heterocycles. The van der Waals surface area contributed by atoms with Crippen LogP contribution in [0.5, 0.6) is 0 Å². The Labute approximate surface area is 138 Å². The summed E-state index contributed by atoms with van der Waals surface area (Å²) < 4.78 is 10.6.